The van der Waals surface area contributed by atoms with E-state index < -0.39 is 0 Å². The Balaban J connectivity index is -0.000000157. The number of pyridine rings is 2. The fourth-order valence-electron chi connectivity index (χ4n) is 9.11. The number of fused-ring (bicyclic) bond motifs is 3. The maximum atomic E-state index is 4.08. The summed E-state index contributed by atoms with van der Waals surface area (Å²) in [7, 11) is 0. The fourth-order valence-corrected chi connectivity index (χ4v) is 9.11. The second kappa shape index (κ2) is 77.3. The zero-order valence-electron chi connectivity index (χ0n) is 72.3. The minimum absolute atomic E-state index is 0. The molecule has 0 saturated heterocycles. The topological polar surface area (TPSA) is 25.8 Å². The largest absolute Gasteiger partial charge is 0.264 e. The van der Waals surface area contributed by atoms with E-state index in [-0.39, 0.29) is 7.43 Å². The Kier molecular flexibility index (Phi) is 84.2. The maximum absolute atomic E-state index is 4.08. The van der Waals surface area contributed by atoms with Crippen LogP contribution in [-0.2, 0) is 0 Å². The highest BCUT2D eigenvalue weighted by molar-refractivity contribution is 5.88. The number of nitrogens with zero attached hydrogens (tertiary/aromatic N) is 2. The van der Waals surface area contributed by atoms with Gasteiger partial charge in [-0.1, -0.05) is 362 Å². The molecule has 11 rings (SSSR count). The molecule has 2 heteroatoms. The average Bonchev–Trinajstić information content (AvgIpc) is 0.835. The third-order valence-corrected chi connectivity index (χ3v) is 16.7. The van der Waals surface area contributed by atoms with E-state index in [2.05, 4.69) is 279 Å². The first-order valence-corrected chi connectivity index (χ1v) is 39.6. The van der Waals surface area contributed by atoms with Crippen LogP contribution < -0.4 is 0 Å². The summed E-state index contributed by atoms with van der Waals surface area (Å²) >= 11 is 0. The smallest absolute Gasteiger partial charge is 0.0401 e. The molecule has 7 aromatic carbocycles. The predicted molar refractivity (Wildman–Crippen MR) is 476 cm³/mol. The number of allylic oxidation sites excluding steroid dienone is 4. The van der Waals surface area contributed by atoms with Crippen molar-refractivity contribution in [3.63, 3.8) is 0 Å². The molecule has 2 heterocycles. The number of aryl methyl sites for hydroxylation is 12. The molecule has 2 aliphatic carbocycles. The van der Waals surface area contributed by atoms with E-state index in [4.69, 9.17) is 0 Å². The second-order valence-electron chi connectivity index (χ2n) is 23.5. The highest BCUT2D eigenvalue weighted by Gasteiger charge is 2.15. The molecule has 101 heavy (non-hydrogen) atoms. The first-order valence-electron chi connectivity index (χ1n) is 39.6. The van der Waals surface area contributed by atoms with Crippen LogP contribution >= 0.6 is 0 Å². The lowest BCUT2D eigenvalue weighted by molar-refractivity contribution is 0.277. The number of benzene rings is 7. The van der Waals surface area contributed by atoms with Crippen LogP contribution in [0.3, 0.4) is 0 Å². The summed E-state index contributed by atoms with van der Waals surface area (Å²) in [6.45, 7) is 75.2. The molecule has 2 aliphatic rings. The lowest BCUT2D eigenvalue weighted by Gasteiger charge is -2.24. The van der Waals surface area contributed by atoms with Crippen LogP contribution in [0, 0.1) is 107 Å². The summed E-state index contributed by atoms with van der Waals surface area (Å²) in [6.07, 6.45) is 25.2. The van der Waals surface area contributed by atoms with Gasteiger partial charge in [0.2, 0.25) is 0 Å². The molecule has 2 nitrogen and oxygen atoms in total. The average molecular weight is 1380 g/mol. The van der Waals surface area contributed by atoms with Crippen LogP contribution in [0.4, 0.5) is 0 Å². The maximum Gasteiger partial charge on any atom is 0.0401 e. The molecule has 2 aromatic heterocycles. The highest BCUT2D eigenvalue weighted by Crippen LogP contribution is 2.29. The highest BCUT2D eigenvalue weighted by atomic mass is 14.7. The van der Waals surface area contributed by atoms with Crippen LogP contribution in [0.5, 0.6) is 0 Å². The quantitative estimate of drug-likeness (QED) is 0.153. The zero-order valence-corrected chi connectivity index (χ0v) is 72.3. The molecule has 0 radical (unpaired) electrons. The van der Waals surface area contributed by atoms with Gasteiger partial charge in [0.05, 0.1) is 0 Å². The van der Waals surface area contributed by atoms with Gasteiger partial charge in [0.15, 0.2) is 0 Å². The van der Waals surface area contributed by atoms with Gasteiger partial charge in [0, 0.05) is 24.3 Å². The first-order chi connectivity index (χ1) is 48.2. The molecule has 0 aliphatic heterocycles. The molecule has 1 fully saturated rings. The zero-order chi connectivity index (χ0) is 78.4. The van der Waals surface area contributed by atoms with Gasteiger partial charge in [-0.25, -0.2) is 0 Å². The summed E-state index contributed by atoms with van der Waals surface area (Å²) in [5.41, 5.74) is 15.9. The third kappa shape index (κ3) is 52.7. The minimum Gasteiger partial charge on any atom is -0.264 e. The summed E-state index contributed by atoms with van der Waals surface area (Å²) < 4.78 is 0. The molecule has 0 bridgehead atoms. The Hall–Kier alpha value is -6.90. The molecule has 4 unspecified atom stereocenters. The van der Waals surface area contributed by atoms with Crippen molar-refractivity contribution in [2.24, 2.45) is 23.7 Å². The van der Waals surface area contributed by atoms with Crippen molar-refractivity contribution in [2.75, 3.05) is 0 Å². The van der Waals surface area contributed by atoms with E-state index in [0.717, 1.165) is 29.4 Å². The molecule has 4 atom stereocenters. The van der Waals surface area contributed by atoms with Crippen LogP contribution in [0.1, 0.15) is 292 Å². The SMILES string of the molecule is C.CC.CC.CC.CC.CC.CC.CC.CC.CC1CC=CCC1C.CC1CCCCC1C.CC=CC.CCCC.Cc1cc2ccccc2cc1C.Cc1ccc2ccccc2c1C.Cc1cccc2cccc(C)c12.Cc1ccccc1C.Cc1cccnc1C.Cc1ccncc1C. The van der Waals surface area contributed by atoms with Crippen LogP contribution in [-0.4, -0.2) is 9.97 Å². The Labute approximate surface area is 631 Å². The van der Waals surface area contributed by atoms with E-state index in [0.29, 0.717) is 0 Å². The Bertz CT molecular complexity index is 3000. The molecule has 1 saturated carbocycles. The van der Waals surface area contributed by atoms with Gasteiger partial charge < -0.3 is 0 Å². The van der Waals surface area contributed by atoms with Crippen molar-refractivity contribution in [3.8, 4) is 0 Å². The second-order valence-corrected chi connectivity index (χ2v) is 23.5. The lowest BCUT2D eigenvalue weighted by Crippen LogP contribution is -2.12. The van der Waals surface area contributed by atoms with Crippen molar-refractivity contribution in [2.45, 2.75) is 308 Å². The first kappa shape index (κ1) is 110. The van der Waals surface area contributed by atoms with E-state index in [1.165, 1.54) is 145 Å². The van der Waals surface area contributed by atoms with Gasteiger partial charge in [-0.05, 0) is 239 Å². The summed E-state index contributed by atoms with van der Waals surface area (Å²) in [5.74, 6) is 3.84. The van der Waals surface area contributed by atoms with Crippen LogP contribution in [0.15, 0.2) is 195 Å². The molecular formula is C99H164N2. The van der Waals surface area contributed by atoms with E-state index in [1.807, 2.05) is 174 Å². The van der Waals surface area contributed by atoms with Gasteiger partial charge >= 0.3 is 0 Å². The van der Waals surface area contributed by atoms with Crippen molar-refractivity contribution < 1.29 is 0 Å². The summed E-state index contributed by atoms with van der Waals surface area (Å²) in [4.78, 5) is 8.02. The van der Waals surface area contributed by atoms with Gasteiger partial charge in [-0.15, -0.1) is 0 Å². The Morgan fingerprint density at radius 1 is 0.337 bits per heavy atom. The molecule has 570 valence electrons. The standard InChI is InChI=1S/3C12H12.C8H16.C8H14.C8H10.2C7H9N.C4H10.C4H8.8C2H6.CH4/c1-9-5-3-7-11-8-4-6-10(2)12(9)11;1-9-7-11-5-3-4-6-12(11)8-10(9)2;1-9-7-8-11-5-3-4-6-12(11)10(9)2;3*1-7-5-3-4-6-8(7)2;1-6-3-4-8-5-7(6)2;1-6-4-3-5-8-7(6)2;2*1-3-4-2;8*1-2;/h3*3-8H,1-2H3;7-8H,3-6H2,1-2H3;3-4,7-8H,5-6H2,1-2H3;3-6H,1-2H3;2*3-5H,1-2H3;3-4H2,1-2H3;3-4H,1-2H3;8*1-2H3;1H4. The minimum atomic E-state index is 0. The molecule has 9 aromatic rings. The van der Waals surface area contributed by atoms with Crippen LogP contribution in [0.2, 0.25) is 0 Å². The molecule has 0 spiro atoms. The number of aromatic nitrogens is 2. The number of hydrogen-bond donors (Lipinski definition) is 0. The van der Waals surface area contributed by atoms with Gasteiger partial charge in [0.25, 0.3) is 0 Å². The van der Waals surface area contributed by atoms with Crippen molar-refractivity contribution in [1.82, 2.24) is 9.97 Å². The summed E-state index contributed by atoms with van der Waals surface area (Å²) in [5, 5.41) is 8.12. The number of hydrogen-bond acceptors (Lipinski definition) is 2. The monoisotopic (exact) mass is 1380 g/mol. The molecule has 0 amide bonds. The number of rotatable bonds is 1. The predicted octanol–water partition coefficient (Wildman–Crippen LogP) is 33.7. The van der Waals surface area contributed by atoms with Crippen molar-refractivity contribution in [3.05, 3.63) is 261 Å². The normalized spacial score (nSPS) is 13.2. The van der Waals surface area contributed by atoms with Crippen LogP contribution in [0.25, 0.3) is 32.3 Å². The third-order valence-electron chi connectivity index (χ3n) is 16.7. The lowest BCUT2D eigenvalue weighted by atomic mass is 9.82. The van der Waals surface area contributed by atoms with E-state index in [9.17, 15) is 0 Å². The molecular weight excluding hydrogens is 1220 g/mol. The van der Waals surface area contributed by atoms with Crippen molar-refractivity contribution in [1.29, 1.82) is 0 Å². The van der Waals surface area contributed by atoms with Gasteiger partial charge in [0.1, 0.15) is 0 Å². The Morgan fingerprint density at radius 2 is 0.693 bits per heavy atom. The van der Waals surface area contributed by atoms with E-state index >= 15 is 0 Å². The van der Waals surface area contributed by atoms with E-state index in [1.54, 1.807) is 0 Å². The fraction of sp³-hybridized carbons (Fsp3) is 0.495. The van der Waals surface area contributed by atoms with Gasteiger partial charge in [-0.3, -0.25) is 9.97 Å². The number of unbranched alkanes of at least 4 members (excludes halogenated alkanes) is 1. The van der Waals surface area contributed by atoms with Gasteiger partial charge in [-0.2, -0.15) is 0 Å². The molecule has 0 N–H and O–H groups in total. The van der Waals surface area contributed by atoms with Crippen molar-refractivity contribution >= 4 is 32.3 Å². The Morgan fingerprint density at radius 3 is 1.00 bits per heavy atom. The summed E-state index contributed by atoms with van der Waals surface area (Å²) in [6, 6.07) is 53.0.